The molecule has 3 aromatic rings. The van der Waals surface area contributed by atoms with Crippen LogP contribution in [-0.4, -0.2) is 24.5 Å². The summed E-state index contributed by atoms with van der Waals surface area (Å²) in [7, 11) is 1.59. The molecule has 1 amide bonds. The summed E-state index contributed by atoms with van der Waals surface area (Å²) in [6.07, 6.45) is 0.467. The molecule has 0 fully saturated rings. The van der Waals surface area contributed by atoms with E-state index in [1.54, 1.807) is 25.3 Å². The Morgan fingerprint density at radius 1 is 1.12 bits per heavy atom. The average Bonchev–Trinajstić information content (AvgIpc) is 2.62. The number of hydrogen-bond acceptors (Lipinski definition) is 3. The fraction of sp³-hybridized carbons (Fsp3) is 0.200. The van der Waals surface area contributed by atoms with Crippen LogP contribution >= 0.6 is 0 Å². The Labute approximate surface area is 145 Å². The molecule has 0 saturated heterocycles. The number of aryl methyl sites for hydroxylation is 1. The van der Waals surface area contributed by atoms with Gasteiger partial charge in [0.05, 0.1) is 12.6 Å². The number of pyridine rings is 1. The van der Waals surface area contributed by atoms with Crippen molar-refractivity contribution in [1.82, 2.24) is 10.3 Å². The van der Waals surface area contributed by atoms with E-state index in [-0.39, 0.29) is 11.5 Å². The first-order chi connectivity index (χ1) is 12.1. The van der Waals surface area contributed by atoms with Crippen LogP contribution in [0, 0.1) is 6.92 Å². The van der Waals surface area contributed by atoms with Gasteiger partial charge in [0.1, 0.15) is 5.75 Å². The van der Waals surface area contributed by atoms with E-state index in [0.29, 0.717) is 29.8 Å². The molecule has 1 heterocycles. The van der Waals surface area contributed by atoms with Gasteiger partial charge < -0.3 is 15.0 Å². The summed E-state index contributed by atoms with van der Waals surface area (Å²) < 4.78 is 5.16. The van der Waals surface area contributed by atoms with Gasteiger partial charge in [-0.1, -0.05) is 17.7 Å². The molecule has 128 valence electrons. The first-order valence-corrected chi connectivity index (χ1v) is 8.11. The number of aromatic amines is 1. The number of methoxy groups -OCH3 is 1. The summed E-state index contributed by atoms with van der Waals surface area (Å²) >= 11 is 0. The van der Waals surface area contributed by atoms with Crippen molar-refractivity contribution in [3.05, 3.63) is 75.6 Å². The van der Waals surface area contributed by atoms with E-state index < -0.39 is 0 Å². The maximum absolute atomic E-state index is 12.2. The van der Waals surface area contributed by atoms with Gasteiger partial charge in [0.25, 0.3) is 11.5 Å². The molecule has 0 aliphatic carbocycles. The summed E-state index contributed by atoms with van der Waals surface area (Å²) in [5.74, 6) is 0.559. The normalized spacial score (nSPS) is 10.6. The largest absolute Gasteiger partial charge is 0.497 e. The van der Waals surface area contributed by atoms with E-state index >= 15 is 0 Å². The molecule has 5 heteroatoms. The van der Waals surface area contributed by atoms with Crippen molar-refractivity contribution >= 4 is 16.8 Å². The first kappa shape index (κ1) is 16.8. The summed E-state index contributed by atoms with van der Waals surface area (Å²) in [6.45, 7) is 2.38. The second-order valence-corrected chi connectivity index (χ2v) is 5.95. The molecule has 2 aromatic carbocycles. The molecule has 0 aliphatic rings. The molecule has 1 aromatic heterocycles. The lowest BCUT2D eigenvalue weighted by atomic mass is 10.1. The van der Waals surface area contributed by atoms with E-state index in [0.717, 1.165) is 16.5 Å². The number of carbonyl (C=O) groups excluding carboxylic acids is 1. The molecule has 0 atom stereocenters. The van der Waals surface area contributed by atoms with E-state index in [4.69, 9.17) is 4.74 Å². The highest BCUT2D eigenvalue weighted by molar-refractivity contribution is 5.94. The van der Waals surface area contributed by atoms with Gasteiger partial charge in [-0.05, 0) is 49.1 Å². The third-order valence-electron chi connectivity index (χ3n) is 4.12. The zero-order valence-corrected chi connectivity index (χ0v) is 14.3. The fourth-order valence-corrected chi connectivity index (χ4v) is 2.66. The molecular weight excluding hydrogens is 316 g/mol. The van der Waals surface area contributed by atoms with Gasteiger partial charge in [0.2, 0.25) is 0 Å². The molecule has 3 rings (SSSR count). The number of rotatable bonds is 5. The molecule has 0 radical (unpaired) electrons. The third-order valence-corrected chi connectivity index (χ3v) is 4.12. The van der Waals surface area contributed by atoms with Crippen molar-refractivity contribution in [3.63, 3.8) is 0 Å². The van der Waals surface area contributed by atoms with Crippen LogP contribution in [0.5, 0.6) is 5.75 Å². The van der Waals surface area contributed by atoms with Crippen molar-refractivity contribution in [1.29, 1.82) is 0 Å². The number of fused-ring (bicyclic) bond motifs is 1. The van der Waals surface area contributed by atoms with Crippen molar-refractivity contribution in [3.8, 4) is 5.75 Å². The van der Waals surface area contributed by atoms with Gasteiger partial charge in [0, 0.05) is 23.7 Å². The predicted octanol–water partition coefficient (Wildman–Crippen LogP) is 2.82. The monoisotopic (exact) mass is 336 g/mol. The molecule has 0 aliphatic heterocycles. The topological polar surface area (TPSA) is 71.2 Å². The highest BCUT2D eigenvalue weighted by Gasteiger charge is 2.07. The minimum atomic E-state index is -0.148. The van der Waals surface area contributed by atoms with E-state index in [9.17, 15) is 9.59 Å². The molecule has 0 spiro atoms. The van der Waals surface area contributed by atoms with Crippen LogP contribution in [0.3, 0.4) is 0 Å². The summed E-state index contributed by atoms with van der Waals surface area (Å²) in [4.78, 5) is 27.2. The highest BCUT2D eigenvalue weighted by Crippen LogP contribution is 2.18. The Morgan fingerprint density at radius 3 is 2.60 bits per heavy atom. The number of H-pyrrole nitrogens is 1. The second kappa shape index (κ2) is 7.21. The van der Waals surface area contributed by atoms with Crippen LogP contribution in [0.2, 0.25) is 0 Å². The van der Waals surface area contributed by atoms with Gasteiger partial charge in [0.15, 0.2) is 0 Å². The SMILES string of the molecule is COc1ccc2cc(CCNC(=O)c3ccc(C)cc3)c(=O)[nH]c2c1. The Bertz CT molecular complexity index is 959. The number of nitrogens with one attached hydrogen (secondary N) is 2. The van der Waals surface area contributed by atoms with E-state index in [1.165, 1.54) is 0 Å². The number of ether oxygens (including phenoxy) is 1. The number of benzene rings is 2. The van der Waals surface area contributed by atoms with E-state index in [1.807, 2.05) is 37.3 Å². The maximum Gasteiger partial charge on any atom is 0.251 e. The van der Waals surface area contributed by atoms with Crippen LogP contribution in [0.15, 0.2) is 53.3 Å². The van der Waals surface area contributed by atoms with Crippen LogP contribution in [0.25, 0.3) is 10.9 Å². The number of hydrogen-bond donors (Lipinski definition) is 2. The van der Waals surface area contributed by atoms with Gasteiger partial charge in [-0.25, -0.2) is 0 Å². The summed E-state index contributed by atoms with van der Waals surface area (Å²) in [5, 5.41) is 3.78. The smallest absolute Gasteiger partial charge is 0.251 e. The number of amides is 1. The Balaban J connectivity index is 1.68. The zero-order chi connectivity index (χ0) is 17.8. The lowest BCUT2D eigenvalue weighted by Gasteiger charge is -2.07. The maximum atomic E-state index is 12.2. The molecule has 0 unspecified atom stereocenters. The molecule has 0 saturated carbocycles. The van der Waals surface area contributed by atoms with Gasteiger partial charge in [-0.15, -0.1) is 0 Å². The van der Waals surface area contributed by atoms with Crippen molar-refractivity contribution in [2.75, 3.05) is 13.7 Å². The van der Waals surface area contributed by atoms with Crippen LogP contribution < -0.4 is 15.6 Å². The highest BCUT2D eigenvalue weighted by atomic mass is 16.5. The molecule has 5 nitrogen and oxygen atoms in total. The third kappa shape index (κ3) is 3.88. The van der Waals surface area contributed by atoms with Gasteiger partial charge in [-0.2, -0.15) is 0 Å². The van der Waals surface area contributed by atoms with Crippen molar-refractivity contribution < 1.29 is 9.53 Å². The van der Waals surface area contributed by atoms with Crippen molar-refractivity contribution in [2.45, 2.75) is 13.3 Å². The minimum absolute atomic E-state index is 0.137. The Hall–Kier alpha value is -3.08. The lowest BCUT2D eigenvalue weighted by Crippen LogP contribution is -2.27. The standard InChI is InChI=1S/C20H20N2O3/c1-13-3-5-14(6-4-13)19(23)21-10-9-16-11-15-7-8-17(25-2)12-18(15)22-20(16)24/h3-8,11-12H,9-10H2,1-2H3,(H,21,23)(H,22,24). The summed E-state index contributed by atoms with van der Waals surface area (Å²) in [6, 6.07) is 14.8. The van der Waals surface area contributed by atoms with E-state index in [2.05, 4.69) is 10.3 Å². The van der Waals surface area contributed by atoms with Crippen molar-refractivity contribution in [2.24, 2.45) is 0 Å². The van der Waals surface area contributed by atoms with Crippen LogP contribution in [0.4, 0.5) is 0 Å². The second-order valence-electron chi connectivity index (χ2n) is 5.95. The van der Waals surface area contributed by atoms with Crippen LogP contribution in [-0.2, 0) is 6.42 Å². The number of carbonyl (C=O) groups is 1. The molecule has 0 bridgehead atoms. The quantitative estimate of drug-likeness (QED) is 0.752. The predicted molar refractivity (Wildman–Crippen MR) is 98.3 cm³/mol. The first-order valence-electron chi connectivity index (χ1n) is 8.11. The van der Waals surface area contributed by atoms with Gasteiger partial charge in [-0.3, -0.25) is 9.59 Å². The Morgan fingerprint density at radius 2 is 1.88 bits per heavy atom. The minimum Gasteiger partial charge on any atom is -0.497 e. The summed E-state index contributed by atoms with van der Waals surface area (Å²) in [5.41, 5.74) is 2.95. The molecule has 25 heavy (non-hydrogen) atoms. The lowest BCUT2D eigenvalue weighted by molar-refractivity contribution is 0.0954. The zero-order valence-electron chi connectivity index (χ0n) is 14.3. The van der Waals surface area contributed by atoms with Gasteiger partial charge >= 0.3 is 0 Å². The number of aromatic nitrogens is 1. The molecular formula is C20H20N2O3. The van der Waals surface area contributed by atoms with Crippen LogP contribution in [0.1, 0.15) is 21.5 Å². The average molecular weight is 336 g/mol. The fourth-order valence-electron chi connectivity index (χ4n) is 2.66. The Kier molecular flexibility index (Phi) is 4.84. The molecule has 2 N–H and O–H groups in total.